The molecule has 1 fully saturated rings. The Labute approximate surface area is 123 Å². The molecule has 20 heavy (non-hydrogen) atoms. The van der Waals surface area contributed by atoms with Crippen molar-refractivity contribution in [3.05, 3.63) is 34.9 Å². The van der Waals surface area contributed by atoms with E-state index in [4.69, 9.17) is 11.6 Å². The normalized spacial score (nSPS) is 15.6. The van der Waals surface area contributed by atoms with Crippen molar-refractivity contribution >= 4 is 23.4 Å². The van der Waals surface area contributed by atoms with Crippen LogP contribution in [0.4, 0.5) is 0 Å². The van der Waals surface area contributed by atoms with Gasteiger partial charge < -0.3 is 15.5 Å². The zero-order valence-electron chi connectivity index (χ0n) is 11.2. The van der Waals surface area contributed by atoms with Gasteiger partial charge in [-0.3, -0.25) is 9.59 Å². The van der Waals surface area contributed by atoms with Crippen LogP contribution in [0.5, 0.6) is 0 Å². The monoisotopic (exact) mass is 295 g/mol. The van der Waals surface area contributed by atoms with Crippen LogP contribution in [0.3, 0.4) is 0 Å². The Hall–Kier alpha value is -1.59. The summed E-state index contributed by atoms with van der Waals surface area (Å²) in [5, 5.41) is 6.48. The molecule has 1 saturated heterocycles. The van der Waals surface area contributed by atoms with Gasteiger partial charge >= 0.3 is 11.8 Å². The average molecular weight is 296 g/mol. The molecule has 0 atom stereocenters. The summed E-state index contributed by atoms with van der Waals surface area (Å²) in [6.07, 6.45) is 0.871. The lowest BCUT2D eigenvalue weighted by molar-refractivity contribution is -0.145. The summed E-state index contributed by atoms with van der Waals surface area (Å²) in [6.45, 7) is 3.15. The van der Waals surface area contributed by atoms with E-state index in [0.29, 0.717) is 24.7 Å². The number of carbonyl (C=O) groups is 2. The van der Waals surface area contributed by atoms with E-state index in [1.165, 1.54) is 0 Å². The molecular formula is C14H18ClN3O2. The molecule has 1 aliphatic heterocycles. The molecule has 0 bridgehead atoms. The summed E-state index contributed by atoms with van der Waals surface area (Å²) in [5.74, 6) is -1.01. The second kappa shape index (κ2) is 7.26. The average Bonchev–Trinajstić information content (AvgIpc) is 2.74. The van der Waals surface area contributed by atoms with Crippen LogP contribution in [0, 0.1) is 0 Å². The van der Waals surface area contributed by atoms with Crippen LogP contribution in [0.25, 0.3) is 0 Å². The van der Waals surface area contributed by atoms with Crippen LogP contribution in [0.15, 0.2) is 24.3 Å². The highest BCUT2D eigenvalue weighted by Crippen LogP contribution is 2.09. The van der Waals surface area contributed by atoms with Crippen molar-refractivity contribution in [2.45, 2.75) is 13.0 Å². The Kier molecular flexibility index (Phi) is 5.38. The molecule has 6 heteroatoms. The first-order valence-corrected chi connectivity index (χ1v) is 7.07. The second-order valence-corrected chi connectivity index (χ2v) is 5.14. The third-order valence-corrected chi connectivity index (χ3v) is 3.44. The van der Waals surface area contributed by atoms with Crippen molar-refractivity contribution in [1.29, 1.82) is 0 Å². The van der Waals surface area contributed by atoms with Crippen molar-refractivity contribution in [1.82, 2.24) is 15.5 Å². The van der Waals surface area contributed by atoms with E-state index in [-0.39, 0.29) is 0 Å². The van der Waals surface area contributed by atoms with Gasteiger partial charge in [0.1, 0.15) is 0 Å². The molecule has 0 unspecified atom stereocenters. The third-order valence-electron chi connectivity index (χ3n) is 3.19. The fourth-order valence-electron chi connectivity index (χ4n) is 2.05. The number of halogens is 1. The summed E-state index contributed by atoms with van der Waals surface area (Å²) in [5.41, 5.74) is 0.910. The van der Waals surface area contributed by atoms with Gasteiger partial charge in [-0.1, -0.05) is 23.7 Å². The van der Waals surface area contributed by atoms with Gasteiger partial charge in [0.05, 0.1) is 0 Å². The Balaban J connectivity index is 1.84. The molecule has 1 aromatic rings. The van der Waals surface area contributed by atoms with Gasteiger partial charge in [-0.2, -0.15) is 0 Å². The van der Waals surface area contributed by atoms with Gasteiger partial charge in [-0.05, 0) is 30.7 Å². The molecular weight excluding hydrogens is 278 g/mol. The lowest BCUT2D eigenvalue weighted by atomic mass is 10.2. The maximum Gasteiger partial charge on any atom is 0.311 e. The lowest BCUT2D eigenvalue weighted by Crippen LogP contribution is -2.44. The van der Waals surface area contributed by atoms with Gasteiger partial charge in [0.15, 0.2) is 0 Å². The van der Waals surface area contributed by atoms with E-state index in [0.717, 1.165) is 25.1 Å². The van der Waals surface area contributed by atoms with Crippen LogP contribution in [0.2, 0.25) is 5.02 Å². The fraction of sp³-hybridized carbons (Fsp3) is 0.429. The molecule has 0 saturated carbocycles. The summed E-state index contributed by atoms with van der Waals surface area (Å²) < 4.78 is 0. The van der Waals surface area contributed by atoms with Crippen molar-refractivity contribution in [3.63, 3.8) is 0 Å². The quantitative estimate of drug-likeness (QED) is 0.793. The molecule has 1 aliphatic rings. The molecule has 0 aromatic heterocycles. The van der Waals surface area contributed by atoms with Crippen LogP contribution in [-0.2, 0) is 16.1 Å². The maximum absolute atomic E-state index is 12.0. The van der Waals surface area contributed by atoms with Crippen molar-refractivity contribution in [3.8, 4) is 0 Å². The standard InChI is InChI=1S/C14H18ClN3O2/c15-12-4-2-11(3-5-12)10-17-13(19)14(20)18-8-1-6-16-7-9-18/h2-5,16H,1,6-10H2,(H,17,19). The Morgan fingerprint density at radius 1 is 1.20 bits per heavy atom. The number of rotatable bonds is 2. The minimum Gasteiger partial charge on any atom is -0.344 e. The summed E-state index contributed by atoms with van der Waals surface area (Å²) in [7, 11) is 0. The Morgan fingerprint density at radius 3 is 2.70 bits per heavy atom. The highest BCUT2D eigenvalue weighted by molar-refractivity contribution is 6.35. The molecule has 2 amide bonds. The highest BCUT2D eigenvalue weighted by atomic mass is 35.5. The van der Waals surface area contributed by atoms with Gasteiger partial charge in [0.25, 0.3) is 0 Å². The van der Waals surface area contributed by atoms with E-state index in [9.17, 15) is 9.59 Å². The molecule has 1 aromatic carbocycles. The predicted octanol–water partition coefficient (Wildman–Crippen LogP) is 0.778. The number of benzene rings is 1. The number of carbonyl (C=O) groups excluding carboxylic acids is 2. The highest BCUT2D eigenvalue weighted by Gasteiger charge is 2.21. The summed E-state index contributed by atoms with van der Waals surface area (Å²) in [4.78, 5) is 25.4. The smallest absolute Gasteiger partial charge is 0.311 e. The van der Waals surface area contributed by atoms with E-state index >= 15 is 0 Å². The number of hydrogen-bond donors (Lipinski definition) is 2. The second-order valence-electron chi connectivity index (χ2n) is 4.70. The van der Waals surface area contributed by atoms with Crippen LogP contribution in [0.1, 0.15) is 12.0 Å². The first kappa shape index (κ1) is 14.8. The molecule has 2 rings (SSSR count). The van der Waals surface area contributed by atoms with Crippen LogP contribution < -0.4 is 10.6 Å². The molecule has 108 valence electrons. The van der Waals surface area contributed by atoms with E-state index in [1.54, 1.807) is 17.0 Å². The molecule has 0 spiro atoms. The van der Waals surface area contributed by atoms with Crippen LogP contribution >= 0.6 is 11.6 Å². The van der Waals surface area contributed by atoms with Crippen molar-refractivity contribution in [2.75, 3.05) is 26.2 Å². The van der Waals surface area contributed by atoms with E-state index in [2.05, 4.69) is 10.6 Å². The van der Waals surface area contributed by atoms with E-state index < -0.39 is 11.8 Å². The number of hydrogen-bond acceptors (Lipinski definition) is 3. The lowest BCUT2D eigenvalue weighted by Gasteiger charge is -2.19. The zero-order chi connectivity index (χ0) is 14.4. The molecule has 0 aliphatic carbocycles. The van der Waals surface area contributed by atoms with Crippen LogP contribution in [-0.4, -0.2) is 42.9 Å². The third kappa shape index (κ3) is 4.21. The summed E-state index contributed by atoms with van der Waals surface area (Å²) >= 11 is 5.79. The molecule has 1 heterocycles. The largest absolute Gasteiger partial charge is 0.344 e. The SMILES string of the molecule is O=C(NCc1ccc(Cl)cc1)C(=O)N1CCCNCC1. The first-order valence-electron chi connectivity index (χ1n) is 6.69. The van der Waals surface area contributed by atoms with Gasteiger partial charge in [0, 0.05) is 31.2 Å². The molecule has 2 N–H and O–H groups in total. The molecule has 0 radical (unpaired) electrons. The predicted molar refractivity (Wildman–Crippen MR) is 77.4 cm³/mol. The van der Waals surface area contributed by atoms with E-state index in [1.807, 2.05) is 12.1 Å². The zero-order valence-corrected chi connectivity index (χ0v) is 11.9. The van der Waals surface area contributed by atoms with Crippen molar-refractivity contribution < 1.29 is 9.59 Å². The fourth-order valence-corrected chi connectivity index (χ4v) is 2.18. The topological polar surface area (TPSA) is 61.4 Å². The van der Waals surface area contributed by atoms with Crippen molar-refractivity contribution in [2.24, 2.45) is 0 Å². The maximum atomic E-state index is 12.0. The Bertz CT molecular complexity index is 468. The van der Waals surface area contributed by atoms with Gasteiger partial charge in [-0.25, -0.2) is 0 Å². The Morgan fingerprint density at radius 2 is 1.95 bits per heavy atom. The summed E-state index contributed by atoms with van der Waals surface area (Å²) in [6, 6.07) is 7.16. The number of amides is 2. The number of nitrogens with one attached hydrogen (secondary N) is 2. The van der Waals surface area contributed by atoms with Gasteiger partial charge in [0.2, 0.25) is 0 Å². The first-order chi connectivity index (χ1) is 9.66. The minimum absolute atomic E-state index is 0.327. The number of nitrogens with zero attached hydrogens (tertiary/aromatic N) is 1. The minimum atomic E-state index is -0.554. The molecule has 5 nitrogen and oxygen atoms in total. The van der Waals surface area contributed by atoms with Gasteiger partial charge in [-0.15, -0.1) is 0 Å².